The van der Waals surface area contributed by atoms with E-state index in [1.165, 1.54) is 6.07 Å². The van der Waals surface area contributed by atoms with Gasteiger partial charge in [0.05, 0.1) is 11.5 Å². The number of benzene rings is 1. The van der Waals surface area contributed by atoms with Crippen LogP contribution in [0.2, 0.25) is 0 Å². The summed E-state index contributed by atoms with van der Waals surface area (Å²) in [6.45, 7) is 1.52. The Morgan fingerprint density at radius 3 is 2.86 bits per heavy atom. The van der Waals surface area contributed by atoms with E-state index in [2.05, 4.69) is 4.98 Å². The molecule has 0 unspecified atom stereocenters. The highest BCUT2D eigenvalue weighted by atomic mass is 16.6. The van der Waals surface area contributed by atoms with Crippen molar-refractivity contribution in [1.29, 1.82) is 0 Å². The summed E-state index contributed by atoms with van der Waals surface area (Å²) >= 11 is 0. The number of rotatable bonds is 3. The van der Waals surface area contributed by atoms with Gasteiger partial charge in [0.2, 0.25) is 0 Å². The Morgan fingerprint density at radius 2 is 2.18 bits per heavy atom. The highest BCUT2D eigenvalue weighted by molar-refractivity contribution is 5.77. The lowest BCUT2D eigenvalue weighted by Gasteiger charge is -2.02. The molecule has 3 aromatic rings. The second kappa shape index (κ2) is 5.12. The van der Waals surface area contributed by atoms with Crippen LogP contribution in [0.5, 0.6) is 0 Å². The third kappa shape index (κ3) is 2.08. The molecule has 0 spiro atoms. The van der Waals surface area contributed by atoms with Gasteiger partial charge in [0, 0.05) is 29.0 Å². The van der Waals surface area contributed by atoms with Crippen molar-refractivity contribution in [2.24, 2.45) is 0 Å². The van der Waals surface area contributed by atoms with Gasteiger partial charge in [-0.15, -0.1) is 0 Å². The fourth-order valence-corrected chi connectivity index (χ4v) is 2.43. The fraction of sp³-hybridized carbons (Fsp3) is 0.133. The molecular formula is C15H14N4O3. The normalized spacial score (nSPS) is 11.0. The van der Waals surface area contributed by atoms with Gasteiger partial charge in [-0.3, -0.25) is 14.5 Å². The van der Waals surface area contributed by atoms with Crippen molar-refractivity contribution in [2.75, 3.05) is 5.73 Å². The van der Waals surface area contributed by atoms with Gasteiger partial charge in [-0.1, -0.05) is 18.2 Å². The number of aliphatic hydroxyl groups is 1. The van der Waals surface area contributed by atoms with Crippen molar-refractivity contribution in [1.82, 2.24) is 9.38 Å². The predicted molar refractivity (Wildman–Crippen MR) is 82.4 cm³/mol. The molecule has 3 N–H and O–H groups in total. The fourth-order valence-electron chi connectivity index (χ4n) is 2.43. The Labute approximate surface area is 125 Å². The molecule has 22 heavy (non-hydrogen) atoms. The summed E-state index contributed by atoms with van der Waals surface area (Å²) in [5, 5.41) is 20.5. The average molecular weight is 298 g/mol. The lowest BCUT2D eigenvalue weighted by Crippen LogP contribution is -1.96. The number of aryl methyl sites for hydroxylation is 1. The number of pyridine rings is 1. The van der Waals surface area contributed by atoms with E-state index in [-0.39, 0.29) is 12.3 Å². The molecule has 3 rings (SSSR count). The van der Waals surface area contributed by atoms with E-state index in [0.717, 1.165) is 0 Å². The van der Waals surface area contributed by atoms with E-state index in [0.29, 0.717) is 33.8 Å². The van der Waals surface area contributed by atoms with Crippen LogP contribution in [-0.4, -0.2) is 19.4 Å². The van der Waals surface area contributed by atoms with Crippen molar-refractivity contribution >= 4 is 17.2 Å². The average Bonchev–Trinajstić information content (AvgIpc) is 2.85. The summed E-state index contributed by atoms with van der Waals surface area (Å²) in [5.41, 5.74) is 8.93. The first-order valence-corrected chi connectivity index (χ1v) is 6.64. The number of anilines is 1. The summed E-state index contributed by atoms with van der Waals surface area (Å²) in [5.74, 6) is 0.378. The van der Waals surface area contributed by atoms with E-state index >= 15 is 0 Å². The number of fused-ring (bicyclic) bond motifs is 1. The Morgan fingerprint density at radius 1 is 1.41 bits per heavy atom. The van der Waals surface area contributed by atoms with Crippen molar-refractivity contribution in [3.05, 3.63) is 57.8 Å². The van der Waals surface area contributed by atoms with Crippen LogP contribution in [0.25, 0.3) is 16.9 Å². The molecule has 0 aliphatic carbocycles. The van der Waals surface area contributed by atoms with Crippen LogP contribution >= 0.6 is 0 Å². The maximum Gasteiger partial charge on any atom is 0.272 e. The third-order valence-corrected chi connectivity index (χ3v) is 3.62. The van der Waals surface area contributed by atoms with Crippen LogP contribution in [0, 0.1) is 17.0 Å². The van der Waals surface area contributed by atoms with Crippen LogP contribution in [0.1, 0.15) is 11.1 Å². The van der Waals surface area contributed by atoms with Crippen LogP contribution in [0.15, 0.2) is 36.5 Å². The number of nitro benzene ring substituents is 1. The Bertz CT molecular complexity index is 886. The Balaban J connectivity index is 2.25. The first-order chi connectivity index (χ1) is 10.5. The number of nitro groups is 1. The van der Waals surface area contributed by atoms with Gasteiger partial charge in [-0.25, -0.2) is 4.98 Å². The first kappa shape index (κ1) is 14.0. The molecule has 0 aliphatic heterocycles. The van der Waals surface area contributed by atoms with E-state index < -0.39 is 4.92 Å². The van der Waals surface area contributed by atoms with Crippen LogP contribution in [-0.2, 0) is 6.61 Å². The number of nitrogens with zero attached hydrogens (tertiary/aromatic N) is 3. The molecule has 0 aliphatic rings. The molecule has 0 fully saturated rings. The SMILES string of the molecule is Cc1ccc(-c2nc3c(CO)cccn3c2N)cc1[N+](=O)[O-]. The van der Waals surface area contributed by atoms with Gasteiger partial charge >= 0.3 is 0 Å². The molecule has 112 valence electrons. The van der Waals surface area contributed by atoms with Crippen LogP contribution < -0.4 is 5.73 Å². The Kier molecular flexibility index (Phi) is 3.26. The van der Waals surface area contributed by atoms with Crippen molar-refractivity contribution in [2.45, 2.75) is 13.5 Å². The molecule has 2 aromatic heterocycles. The van der Waals surface area contributed by atoms with Gasteiger partial charge in [0.1, 0.15) is 17.2 Å². The second-order valence-electron chi connectivity index (χ2n) is 4.99. The van der Waals surface area contributed by atoms with E-state index in [1.54, 1.807) is 41.8 Å². The molecule has 0 atom stereocenters. The monoisotopic (exact) mass is 298 g/mol. The summed E-state index contributed by atoms with van der Waals surface area (Å²) in [6, 6.07) is 8.40. The highest BCUT2D eigenvalue weighted by Crippen LogP contribution is 2.31. The molecule has 2 heterocycles. The first-order valence-electron chi connectivity index (χ1n) is 6.64. The second-order valence-corrected chi connectivity index (χ2v) is 4.99. The molecular weight excluding hydrogens is 284 g/mol. The van der Waals surface area contributed by atoms with Gasteiger partial charge in [0.25, 0.3) is 5.69 Å². The molecule has 7 nitrogen and oxygen atoms in total. The largest absolute Gasteiger partial charge is 0.392 e. The third-order valence-electron chi connectivity index (χ3n) is 3.62. The topological polar surface area (TPSA) is 107 Å². The minimum Gasteiger partial charge on any atom is -0.392 e. The number of aliphatic hydroxyl groups excluding tert-OH is 1. The standard InChI is InChI=1S/C15H14N4O3/c1-9-4-5-10(7-12(9)19(21)22)13-14(16)18-6-2-3-11(8-20)15(18)17-13/h2-7,20H,8,16H2,1H3. The van der Waals surface area contributed by atoms with Crippen LogP contribution in [0.4, 0.5) is 11.5 Å². The van der Waals surface area contributed by atoms with Gasteiger partial charge in [-0.05, 0) is 13.0 Å². The van der Waals surface area contributed by atoms with Crippen molar-refractivity contribution in [3.8, 4) is 11.3 Å². The highest BCUT2D eigenvalue weighted by Gasteiger charge is 2.17. The zero-order valence-corrected chi connectivity index (χ0v) is 11.9. The number of hydrogen-bond donors (Lipinski definition) is 2. The zero-order valence-electron chi connectivity index (χ0n) is 11.9. The number of imidazole rings is 1. The smallest absolute Gasteiger partial charge is 0.272 e. The summed E-state index contributed by atoms with van der Waals surface area (Å²) in [7, 11) is 0. The van der Waals surface area contributed by atoms with Crippen LogP contribution in [0.3, 0.4) is 0 Å². The number of nitrogen functional groups attached to an aromatic ring is 1. The van der Waals surface area contributed by atoms with Gasteiger partial charge in [-0.2, -0.15) is 0 Å². The van der Waals surface area contributed by atoms with Crippen molar-refractivity contribution < 1.29 is 10.0 Å². The minimum absolute atomic E-state index is 0.0244. The Hall–Kier alpha value is -2.93. The molecule has 0 saturated carbocycles. The minimum atomic E-state index is -0.427. The summed E-state index contributed by atoms with van der Waals surface area (Å²) < 4.78 is 1.66. The maximum atomic E-state index is 11.1. The lowest BCUT2D eigenvalue weighted by atomic mass is 10.1. The number of aromatic nitrogens is 2. The molecule has 1 aromatic carbocycles. The van der Waals surface area contributed by atoms with Gasteiger partial charge in [0.15, 0.2) is 0 Å². The number of hydrogen-bond acceptors (Lipinski definition) is 5. The quantitative estimate of drug-likeness (QED) is 0.570. The molecule has 0 amide bonds. The van der Waals surface area contributed by atoms with Gasteiger partial charge < -0.3 is 10.8 Å². The molecule has 0 bridgehead atoms. The van der Waals surface area contributed by atoms with E-state index in [1.807, 2.05) is 0 Å². The van der Waals surface area contributed by atoms with Crippen molar-refractivity contribution in [3.63, 3.8) is 0 Å². The zero-order chi connectivity index (χ0) is 15.9. The summed E-state index contributed by atoms with van der Waals surface area (Å²) in [6.07, 6.45) is 1.74. The van der Waals surface area contributed by atoms with E-state index in [9.17, 15) is 15.2 Å². The number of nitrogens with two attached hydrogens (primary N) is 1. The molecule has 7 heteroatoms. The summed E-state index contributed by atoms with van der Waals surface area (Å²) in [4.78, 5) is 15.1. The maximum absolute atomic E-state index is 11.1. The predicted octanol–water partition coefficient (Wildman–Crippen LogP) is 2.29. The molecule has 0 saturated heterocycles. The lowest BCUT2D eigenvalue weighted by molar-refractivity contribution is -0.385. The molecule has 0 radical (unpaired) electrons. The van der Waals surface area contributed by atoms with E-state index in [4.69, 9.17) is 5.73 Å².